The van der Waals surface area contributed by atoms with Gasteiger partial charge in [-0.1, -0.05) is 25.5 Å². The fourth-order valence-electron chi connectivity index (χ4n) is 0.359. The van der Waals surface area contributed by atoms with E-state index in [1.807, 2.05) is 6.08 Å². The molecule has 0 saturated carbocycles. The summed E-state index contributed by atoms with van der Waals surface area (Å²) in [5, 5.41) is 8.21. The maximum atomic E-state index is 8.21. The van der Waals surface area contributed by atoms with Crippen molar-refractivity contribution in [3.63, 3.8) is 0 Å². The number of allylic oxidation sites excluding steroid dienone is 1. The van der Waals surface area contributed by atoms with E-state index < -0.39 is 0 Å². The predicted octanol–water partition coefficient (Wildman–Crippen LogP) is 1.76. The third kappa shape index (κ3) is 9.37. The molecule has 0 radical (unpaired) electrons. The van der Waals surface area contributed by atoms with Crippen molar-refractivity contribution >= 4 is 12.4 Å². The summed E-state index contributed by atoms with van der Waals surface area (Å²) in [4.78, 5) is 0. The maximum absolute atomic E-state index is 8.21. The van der Waals surface area contributed by atoms with Gasteiger partial charge < -0.3 is 5.11 Å². The molecular formula is C6H13ClO. The van der Waals surface area contributed by atoms with Crippen LogP contribution in [0.5, 0.6) is 0 Å². The summed E-state index contributed by atoms with van der Waals surface area (Å²) in [5.41, 5.74) is 0. The van der Waals surface area contributed by atoms with Gasteiger partial charge in [-0.3, -0.25) is 0 Å². The topological polar surface area (TPSA) is 20.2 Å². The molecule has 0 bridgehead atoms. The van der Waals surface area contributed by atoms with E-state index in [0.29, 0.717) is 0 Å². The van der Waals surface area contributed by atoms with Crippen molar-refractivity contribution in [1.82, 2.24) is 0 Å². The molecule has 0 amide bonds. The normalized spacial score (nSPS) is 9.25. The van der Waals surface area contributed by atoms with Gasteiger partial charge in [0.1, 0.15) is 0 Å². The first-order valence-corrected chi connectivity index (χ1v) is 2.67. The number of aliphatic hydroxyl groups is 1. The number of unbranched alkanes of at least 4 members (excludes halogenated alkanes) is 1. The molecule has 0 aromatic rings. The molecule has 0 saturated heterocycles. The van der Waals surface area contributed by atoms with Gasteiger partial charge in [0.05, 0.1) is 6.61 Å². The second-order valence-electron chi connectivity index (χ2n) is 1.44. The minimum atomic E-state index is 0. The van der Waals surface area contributed by atoms with Crippen LogP contribution in [-0.2, 0) is 0 Å². The van der Waals surface area contributed by atoms with Gasteiger partial charge in [-0.05, 0) is 6.42 Å². The molecule has 0 spiro atoms. The fourth-order valence-corrected chi connectivity index (χ4v) is 0.359. The lowest BCUT2D eigenvalue weighted by molar-refractivity contribution is 0.342. The van der Waals surface area contributed by atoms with Gasteiger partial charge in [-0.15, -0.1) is 12.4 Å². The standard InChI is InChI=1S/C6H12O.ClH/c1-2-3-4-5-6-7;/h4-5,7H,2-3,6H2,1H3;1H/b5-4+;. The van der Waals surface area contributed by atoms with Crippen molar-refractivity contribution in [2.75, 3.05) is 6.61 Å². The molecule has 0 rings (SSSR count). The Morgan fingerprint density at radius 2 is 2.00 bits per heavy atom. The lowest BCUT2D eigenvalue weighted by atomic mass is 10.3. The molecular weight excluding hydrogens is 124 g/mol. The van der Waals surface area contributed by atoms with Crippen LogP contribution in [0.1, 0.15) is 19.8 Å². The Morgan fingerprint density at radius 3 is 2.38 bits per heavy atom. The number of hydrogen-bond donors (Lipinski definition) is 1. The van der Waals surface area contributed by atoms with E-state index in [4.69, 9.17) is 5.11 Å². The molecule has 0 heterocycles. The van der Waals surface area contributed by atoms with Crippen molar-refractivity contribution < 1.29 is 5.11 Å². The van der Waals surface area contributed by atoms with Crippen LogP contribution >= 0.6 is 12.4 Å². The van der Waals surface area contributed by atoms with Crippen LogP contribution in [0.25, 0.3) is 0 Å². The van der Waals surface area contributed by atoms with Crippen molar-refractivity contribution in [2.24, 2.45) is 0 Å². The van der Waals surface area contributed by atoms with Gasteiger partial charge in [0.2, 0.25) is 0 Å². The summed E-state index contributed by atoms with van der Waals surface area (Å²) >= 11 is 0. The van der Waals surface area contributed by atoms with Crippen LogP contribution in [0.4, 0.5) is 0 Å². The van der Waals surface area contributed by atoms with Gasteiger partial charge in [-0.2, -0.15) is 0 Å². The van der Waals surface area contributed by atoms with Crippen LogP contribution in [0, 0.1) is 0 Å². The maximum Gasteiger partial charge on any atom is 0.0612 e. The Balaban J connectivity index is 0. The van der Waals surface area contributed by atoms with E-state index in [0.717, 1.165) is 12.8 Å². The first-order valence-electron chi connectivity index (χ1n) is 2.67. The van der Waals surface area contributed by atoms with E-state index in [9.17, 15) is 0 Å². The van der Waals surface area contributed by atoms with Gasteiger partial charge in [-0.25, -0.2) is 0 Å². The molecule has 0 unspecified atom stereocenters. The average molecular weight is 137 g/mol. The highest BCUT2D eigenvalue weighted by Crippen LogP contribution is 1.85. The lowest BCUT2D eigenvalue weighted by Crippen LogP contribution is -1.69. The highest BCUT2D eigenvalue weighted by molar-refractivity contribution is 5.85. The largest absolute Gasteiger partial charge is 0.392 e. The highest BCUT2D eigenvalue weighted by atomic mass is 35.5. The monoisotopic (exact) mass is 136 g/mol. The Hall–Kier alpha value is -0.0100. The van der Waals surface area contributed by atoms with Crippen molar-refractivity contribution in [1.29, 1.82) is 0 Å². The number of rotatable bonds is 3. The van der Waals surface area contributed by atoms with E-state index in [-0.39, 0.29) is 19.0 Å². The Labute approximate surface area is 56.8 Å². The van der Waals surface area contributed by atoms with Crippen molar-refractivity contribution in [3.8, 4) is 0 Å². The van der Waals surface area contributed by atoms with E-state index in [1.54, 1.807) is 6.08 Å². The molecule has 0 aromatic heterocycles. The first kappa shape index (κ1) is 10.9. The summed E-state index contributed by atoms with van der Waals surface area (Å²) in [6.07, 6.45) is 6.00. The van der Waals surface area contributed by atoms with E-state index in [2.05, 4.69) is 6.92 Å². The number of hydrogen-bond acceptors (Lipinski definition) is 1. The Bertz CT molecular complexity index is 52.5. The zero-order valence-electron chi connectivity index (χ0n) is 5.13. The molecule has 1 nitrogen and oxygen atoms in total. The van der Waals surface area contributed by atoms with Crippen LogP contribution in [-0.4, -0.2) is 11.7 Å². The van der Waals surface area contributed by atoms with Crippen LogP contribution < -0.4 is 0 Å². The first-order chi connectivity index (χ1) is 3.41. The van der Waals surface area contributed by atoms with Gasteiger partial charge in [0.25, 0.3) is 0 Å². The van der Waals surface area contributed by atoms with Crippen LogP contribution in [0.3, 0.4) is 0 Å². The summed E-state index contributed by atoms with van der Waals surface area (Å²) in [6.45, 7) is 2.29. The quantitative estimate of drug-likeness (QED) is 0.587. The van der Waals surface area contributed by atoms with E-state index >= 15 is 0 Å². The fraction of sp³-hybridized carbons (Fsp3) is 0.667. The van der Waals surface area contributed by atoms with E-state index in [1.165, 1.54) is 0 Å². The summed E-state index contributed by atoms with van der Waals surface area (Å²) < 4.78 is 0. The molecule has 0 aromatic carbocycles. The predicted molar refractivity (Wildman–Crippen MR) is 38.4 cm³/mol. The third-order valence-corrected chi connectivity index (χ3v) is 0.727. The van der Waals surface area contributed by atoms with Gasteiger partial charge in [0.15, 0.2) is 0 Å². The number of aliphatic hydroxyl groups excluding tert-OH is 1. The summed E-state index contributed by atoms with van der Waals surface area (Å²) in [6, 6.07) is 0. The third-order valence-electron chi connectivity index (χ3n) is 0.727. The molecule has 0 aliphatic rings. The molecule has 0 atom stereocenters. The molecule has 2 heteroatoms. The second kappa shape index (κ2) is 10.1. The Morgan fingerprint density at radius 1 is 1.38 bits per heavy atom. The highest BCUT2D eigenvalue weighted by Gasteiger charge is 1.68. The molecule has 0 fully saturated rings. The van der Waals surface area contributed by atoms with Gasteiger partial charge in [0, 0.05) is 0 Å². The molecule has 0 aliphatic carbocycles. The molecule has 50 valence electrons. The zero-order chi connectivity index (χ0) is 5.54. The molecule has 8 heavy (non-hydrogen) atoms. The van der Waals surface area contributed by atoms with Crippen LogP contribution in [0.15, 0.2) is 12.2 Å². The molecule has 0 aliphatic heterocycles. The van der Waals surface area contributed by atoms with Gasteiger partial charge >= 0.3 is 0 Å². The number of halogens is 1. The lowest BCUT2D eigenvalue weighted by Gasteiger charge is -1.79. The smallest absolute Gasteiger partial charge is 0.0612 e. The Kier molecular flexibility index (Phi) is 13.7. The summed E-state index contributed by atoms with van der Waals surface area (Å²) in [5.74, 6) is 0. The van der Waals surface area contributed by atoms with Crippen molar-refractivity contribution in [2.45, 2.75) is 19.8 Å². The average Bonchev–Trinajstić information content (AvgIpc) is 1.69. The minimum absolute atomic E-state index is 0. The molecule has 1 N–H and O–H groups in total. The minimum Gasteiger partial charge on any atom is -0.392 e. The van der Waals surface area contributed by atoms with Crippen LogP contribution in [0.2, 0.25) is 0 Å². The zero-order valence-corrected chi connectivity index (χ0v) is 5.95. The van der Waals surface area contributed by atoms with Crippen molar-refractivity contribution in [3.05, 3.63) is 12.2 Å². The SMILES string of the molecule is CCC/C=C/CO.Cl. The second-order valence-corrected chi connectivity index (χ2v) is 1.44. The summed E-state index contributed by atoms with van der Waals surface area (Å²) in [7, 11) is 0.